The van der Waals surface area contributed by atoms with Crippen LogP contribution >= 0.6 is 0 Å². The van der Waals surface area contributed by atoms with Crippen LogP contribution in [0.3, 0.4) is 0 Å². The molecule has 0 saturated heterocycles. The molecule has 0 spiro atoms. The van der Waals surface area contributed by atoms with Gasteiger partial charge in [0.2, 0.25) is 0 Å². The summed E-state index contributed by atoms with van der Waals surface area (Å²) in [5.74, 6) is 0. The van der Waals surface area contributed by atoms with Crippen molar-refractivity contribution < 1.29 is 51.0 Å². The molecule has 5 heteroatoms. The van der Waals surface area contributed by atoms with Crippen LogP contribution in [0.25, 0.3) is 0 Å². The second kappa shape index (κ2) is 18.9. The first-order chi connectivity index (χ1) is 8.12. The number of hydrogen-bond acceptors (Lipinski definition) is 0. The number of allylic oxidation sites excluding steroid dienone is 6. The average Bonchev–Trinajstić information content (AvgIpc) is 2.16. The van der Waals surface area contributed by atoms with Gasteiger partial charge in [0.25, 0.3) is 0 Å². The van der Waals surface area contributed by atoms with Crippen molar-refractivity contribution in [2.75, 3.05) is 0 Å². The monoisotopic (exact) mass is 438 g/mol. The molecule has 0 nitrogen and oxygen atoms in total. The molecule has 0 rings (SSSR count). The third-order valence-corrected chi connectivity index (χ3v) is 3.68. The molecular weight excluding hydrogens is 410 g/mol. The van der Waals surface area contributed by atoms with Crippen LogP contribution in [0.15, 0.2) is 36.5 Å². The van der Waals surface area contributed by atoms with E-state index < -0.39 is 16.1 Å². The van der Waals surface area contributed by atoms with Gasteiger partial charge in [0.15, 0.2) is 0 Å². The van der Waals surface area contributed by atoms with Crippen molar-refractivity contribution in [2.45, 2.75) is 53.1 Å². The average molecular weight is 441 g/mol. The second-order valence-electron chi connectivity index (χ2n) is 6.17. The Hall–Kier alpha value is 0.857. The largest absolute Gasteiger partial charge is 4.00 e. The molecule has 0 aliphatic carbocycles. The van der Waals surface area contributed by atoms with Crippen molar-refractivity contribution in [2.24, 2.45) is 0 Å². The van der Waals surface area contributed by atoms with Gasteiger partial charge in [-0.25, -0.2) is 24.3 Å². The molecule has 0 aliphatic heterocycles. The summed E-state index contributed by atoms with van der Waals surface area (Å²) in [5.41, 5.74) is 6.70. The standard InChI is InChI=1S/2C8H15Si.2ClH.Zr/c2*1-5-6-7-8-9(2,3)4;;;/h2*5-7H,1-4H3;2*1H;/q2*-1;;;+4/p-2/b2*6-5+;;;. The van der Waals surface area contributed by atoms with E-state index in [4.69, 9.17) is 0 Å². The summed E-state index contributed by atoms with van der Waals surface area (Å²) in [6.45, 7) is 17.7. The maximum absolute atomic E-state index is 3.35. The fourth-order valence-electron chi connectivity index (χ4n) is 0.789. The molecule has 0 N–H and O–H groups in total. The predicted octanol–water partition coefficient (Wildman–Crippen LogP) is -0.396. The van der Waals surface area contributed by atoms with Gasteiger partial charge in [0.1, 0.15) is 0 Å². The van der Waals surface area contributed by atoms with Crippen LogP contribution in [0.5, 0.6) is 0 Å². The van der Waals surface area contributed by atoms with Crippen LogP contribution in [0.2, 0.25) is 39.3 Å². The Kier molecular flexibility index (Phi) is 30.1. The maximum atomic E-state index is 3.35. The van der Waals surface area contributed by atoms with Gasteiger partial charge in [0, 0.05) is 0 Å². The van der Waals surface area contributed by atoms with E-state index in [2.05, 4.69) is 50.7 Å². The minimum absolute atomic E-state index is 0. The Morgan fingerprint density at radius 1 is 0.619 bits per heavy atom. The Morgan fingerprint density at radius 3 is 1.00 bits per heavy atom. The van der Waals surface area contributed by atoms with Gasteiger partial charge in [-0.1, -0.05) is 53.1 Å². The predicted molar refractivity (Wildman–Crippen MR) is 91.9 cm³/mol. The molecule has 120 valence electrons. The number of hydrogen-bond donors (Lipinski definition) is 0. The smallest absolute Gasteiger partial charge is 1.00 e. The Morgan fingerprint density at radius 2 is 0.857 bits per heavy atom. The van der Waals surface area contributed by atoms with Crippen LogP contribution in [0, 0.1) is 11.4 Å². The summed E-state index contributed by atoms with van der Waals surface area (Å²) in [4.78, 5) is 0. The van der Waals surface area contributed by atoms with Gasteiger partial charge in [-0.2, -0.15) is 12.2 Å². The zero-order valence-corrected chi connectivity index (χ0v) is 20.7. The Bertz CT molecular complexity index is 277. The number of rotatable bonds is 4. The second-order valence-corrected chi connectivity index (χ2v) is 15.8. The first kappa shape index (κ1) is 33.5. The van der Waals surface area contributed by atoms with Gasteiger partial charge in [-0.05, 0) is 16.1 Å². The molecule has 0 aromatic carbocycles. The summed E-state index contributed by atoms with van der Waals surface area (Å²) < 4.78 is 0. The van der Waals surface area contributed by atoms with Gasteiger partial charge >= 0.3 is 26.2 Å². The summed E-state index contributed by atoms with van der Waals surface area (Å²) in [6.07, 6.45) is 12.1. The molecule has 0 fully saturated rings. The Balaban J connectivity index is -0.0000000711. The van der Waals surface area contributed by atoms with E-state index in [-0.39, 0.29) is 51.0 Å². The molecule has 0 bridgehead atoms. The molecular formula is C16H30Cl2Si2Zr. The van der Waals surface area contributed by atoms with Crippen molar-refractivity contribution in [3.8, 4) is 0 Å². The van der Waals surface area contributed by atoms with Crippen molar-refractivity contribution in [3.63, 3.8) is 0 Å². The molecule has 0 heterocycles. The van der Waals surface area contributed by atoms with Crippen molar-refractivity contribution in [3.05, 3.63) is 47.9 Å². The summed E-state index contributed by atoms with van der Waals surface area (Å²) in [5, 5.41) is 0. The number of halogens is 2. The topological polar surface area (TPSA) is 0 Å². The molecule has 0 radical (unpaired) electrons. The molecule has 0 unspecified atom stereocenters. The van der Waals surface area contributed by atoms with Gasteiger partial charge < -0.3 is 24.8 Å². The third-order valence-electron chi connectivity index (χ3n) is 1.61. The van der Waals surface area contributed by atoms with Crippen LogP contribution in [0.1, 0.15) is 13.8 Å². The quantitative estimate of drug-likeness (QED) is 0.317. The third kappa shape index (κ3) is 44.9. The van der Waals surface area contributed by atoms with E-state index in [1.807, 2.05) is 50.3 Å². The van der Waals surface area contributed by atoms with Crippen LogP contribution in [-0.2, 0) is 26.2 Å². The minimum atomic E-state index is -1.05. The van der Waals surface area contributed by atoms with E-state index >= 15 is 0 Å². The van der Waals surface area contributed by atoms with E-state index in [0.29, 0.717) is 0 Å². The molecule has 0 saturated carbocycles. The van der Waals surface area contributed by atoms with E-state index in [1.54, 1.807) is 0 Å². The normalized spacial score (nSPS) is 11.8. The summed E-state index contributed by atoms with van der Waals surface area (Å²) in [7, 11) is -2.10. The first-order valence-corrected chi connectivity index (χ1v) is 13.6. The minimum Gasteiger partial charge on any atom is -1.00 e. The zero-order valence-electron chi connectivity index (χ0n) is 14.7. The molecule has 0 aromatic heterocycles. The molecule has 0 aromatic rings. The van der Waals surface area contributed by atoms with E-state index in [1.165, 1.54) is 0 Å². The van der Waals surface area contributed by atoms with Crippen molar-refractivity contribution >= 4 is 16.1 Å². The SMILES string of the molecule is C/C=C/C=[C-][Si](C)(C)C.C/C=C/C=[C-][Si](C)(C)C.[Cl-].[Cl-].[Zr+4]. The van der Waals surface area contributed by atoms with Crippen LogP contribution < -0.4 is 24.8 Å². The molecule has 0 atom stereocenters. The fourth-order valence-corrected chi connectivity index (χ4v) is 1.98. The van der Waals surface area contributed by atoms with Gasteiger partial charge in [-0.3, -0.25) is 11.4 Å². The van der Waals surface area contributed by atoms with Crippen molar-refractivity contribution in [1.82, 2.24) is 0 Å². The summed E-state index contributed by atoms with van der Waals surface area (Å²) >= 11 is 0. The zero-order chi connectivity index (χ0) is 14.7. The van der Waals surface area contributed by atoms with Crippen LogP contribution in [0.4, 0.5) is 0 Å². The van der Waals surface area contributed by atoms with E-state index in [9.17, 15) is 0 Å². The van der Waals surface area contributed by atoms with Crippen LogP contribution in [-0.4, -0.2) is 16.1 Å². The van der Waals surface area contributed by atoms with Gasteiger partial charge in [0.05, 0.1) is 0 Å². The fraction of sp³-hybridized carbons (Fsp3) is 0.500. The van der Waals surface area contributed by atoms with Crippen molar-refractivity contribution in [1.29, 1.82) is 0 Å². The molecule has 0 aliphatic rings. The van der Waals surface area contributed by atoms with Gasteiger partial charge in [-0.15, -0.1) is 0 Å². The maximum Gasteiger partial charge on any atom is 4.00 e. The molecule has 21 heavy (non-hydrogen) atoms. The van der Waals surface area contributed by atoms with E-state index in [0.717, 1.165) is 0 Å². The Labute approximate surface area is 167 Å². The summed E-state index contributed by atoms with van der Waals surface area (Å²) in [6, 6.07) is 0. The first-order valence-electron chi connectivity index (χ1n) is 6.57. The molecule has 0 amide bonds.